The third-order valence-corrected chi connectivity index (χ3v) is 4.95. The molecule has 0 fully saturated rings. The zero-order chi connectivity index (χ0) is 19.5. The molecule has 1 heterocycles. The Hall–Kier alpha value is -3.11. The lowest BCUT2D eigenvalue weighted by atomic mass is 10.0. The van der Waals surface area contributed by atoms with Gasteiger partial charge >= 0.3 is 0 Å². The van der Waals surface area contributed by atoms with Crippen LogP contribution in [0, 0.1) is 13.8 Å². The van der Waals surface area contributed by atoms with Gasteiger partial charge in [0.25, 0.3) is 0 Å². The van der Waals surface area contributed by atoms with Crippen LogP contribution >= 0.6 is 11.6 Å². The molecule has 4 aromatic rings. The fourth-order valence-electron chi connectivity index (χ4n) is 3.07. The maximum atomic E-state index is 6.29. The summed E-state index contributed by atoms with van der Waals surface area (Å²) in [4.78, 5) is 0. The van der Waals surface area contributed by atoms with E-state index < -0.39 is 0 Å². The van der Waals surface area contributed by atoms with Gasteiger partial charge in [0.15, 0.2) is 0 Å². The lowest BCUT2D eigenvalue weighted by Crippen LogP contribution is -2.13. The molecule has 0 aliphatic heterocycles. The zero-order valence-electron chi connectivity index (χ0n) is 15.7. The summed E-state index contributed by atoms with van der Waals surface area (Å²) in [5, 5.41) is 12.7. The third-order valence-electron chi connectivity index (χ3n) is 4.62. The van der Waals surface area contributed by atoms with Gasteiger partial charge in [0.1, 0.15) is 6.04 Å². The third kappa shape index (κ3) is 3.78. The average Bonchev–Trinajstić information content (AvgIpc) is 3.19. The van der Waals surface area contributed by atoms with Crippen LogP contribution in [0.1, 0.15) is 28.6 Å². The molecule has 1 aromatic heterocycles. The molecule has 0 amide bonds. The lowest BCUT2D eigenvalue weighted by molar-refractivity contribution is 0.494. The van der Waals surface area contributed by atoms with Crippen LogP contribution in [0.25, 0.3) is 11.5 Å². The van der Waals surface area contributed by atoms with E-state index in [9.17, 15) is 0 Å². The van der Waals surface area contributed by atoms with Crippen LogP contribution in [0.4, 0.5) is 5.69 Å². The molecule has 1 atom stereocenters. The van der Waals surface area contributed by atoms with E-state index in [1.54, 1.807) is 0 Å². The van der Waals surface area contributed by atoms with Gasteiger partial charge in [-0.2, -0.15) is 0 Å². The topological polar surface area (TPSA) is 51.0 Å². The van der Waals surface area contributed by atoms with Crippen molar-refractivity contribution in [3.05, 3.63) is 100 Å². The molecule has 1 N–H and O–H groups in total. The molecule has 0 unspecified atom stereocenters. The molecular formula is C23H20ClN3O. The highest BCUT2D eigenvalue weighted by atomic mass is 35.5. The molecule has 0 aliphatic carbocycles. The minimum absolute atomic E-state index is 0.273. The van der Waals surface area contributed by atoms with Gasteiger partial charge in [-0.3, -0.25) is 0 Å². The quantitative estimate of drug-likeness (QED) is 0.441. The van der Waals surface area contributed by atoms with E-state index in [1.165, 1.54) is 5.56 Å². The highest BCUT2D eigenvalue weighted by Gasteiger charge is 2.22. The highest BCUT2D eigenvalue weighted by Crippen LogP contribution is 2.32. The van der Waals surface area contributed by atoms with E-state index in [2.05, 4.69) is 47.6 Å². The van der Waals surface area contributed by atoms with Gasteiger partial charge < -0.3 is 9.73 Å². The highest BCUT2D eigenvalue weighted by molar-refractivity contribution is 6.33. The van der Waals surface area contributed by atoms with Crippen LogP contribution in [0.3, 0.4) is 0 Å². The van der Waals surface area contributed by atoms with Crippen LogP contribution in [0.2, 0.25) is 5.02 Å². The first-order chi connectivity index (χ1) is 13.6. The summed E-state index contributed by atoms with van der Waals surface area (Å²) in [6, 6.07) is 23.6. The van der Waals surface area contributed by atoms with Gasteiger partial charge in [-0.05, 0) is 48.7 Å². The van der Waals surface area contributed by atoms with E-state index in [0.717, 1.165) is 22.4 Å². The number of rotatable bonds is 5. The predicted octanol–water partition coefficient (Wildman–Crippen LogP) is 6.21. The molecule has 28 heavy (non-hydrogen) atoms. The molecule has 0 aliphatic rings. The lowest BCUT2D eigenvalue weighted by Gasteiger charge is -2.19. The average molecular weight is 390 g/mol. The molecule has 4 nitrogen and oxygen atoms in total. The molecule has 5 heteroatoms. The summed E-state index contributed by atoms with van der Waals surface area (Å²) >= 11 is 6.29. The molecular weight excluding hydrogens is 370 g/mol. The number of halogens is 1. The first kappa shape index (κ1) is 18.3. The Morgan fingerprint density at radius 2 is 1.64 bits per heavy atom. The molecule has 0 bridgehead atoms. The van der Waals surface area contributed by atoms with Crippen molar-refractivity contribution in [2.45, 2.75) is 19.9 Å². The fraction of sp³-hybridized carbons (Fsp3) is 0.130. The van der Waals surface area contributed by atoms with Gasteiger partial charge in [-0.15, -0.1) is 10.2 Å². The van der Waals surface area contributed by atoms with E-state index >= 15 is 0 Å². The smallest absolute Gasteiger partial charge is 0.249 e. The molecule has 0 spiro atoms. The van der Waals surface area contributed by atoms with Crippen LogP contribution in [-0.4, -0.2) is 10.2 Å². The second kappa shape index (κ2) is 7.87. The van der Waals surface area contributed by atoms with Crippen molar-refractivity contribution in [1.82, 2.24) is 10.2 Å². The molecule has 0 radical (unpaired) electrons. The monoisotopic (exact) mass is 389 g/mol. The Labute approximate surface area is 169 Å². The summed E-state index contributed by atoms with van der Waals surface area (Å²) in [5.41, 5.74) is 5.13. The van der Waals surface area contributed by atoms with Crippen molar-refractivity contribution in [3.8, 4) is 11.5 Å². The largest absolute Gasteiger partial charge is 0.418 e. The normalized spacial score (nSPS) is 12.0. The Balaban J connectivity index is 1.75. The van der Waals surface area contributed by atoms with Gasteiger partial charge in [0, 0.05) is 5.69 Å². The SMILES string of the molecule is Cc1ccc(C)c(N[C@H](c2ccccc2)c2nnc(-c3ccccc3Cl)o2)c1. The maximum absolute atomic E-state index is 6.29. The Kier molecular flexibility index (Phi) is 5.13. The number of benzene rings is 3. The molecule has 0 saturated carbocycles. The van der Waals surface area contributed by atoms with E-state index in [0.29, 0.717) is 16.8 Å². The number of nitrogens with one attached hydrogen (secondary N) is 1. The van der Waals surface area contributed by atoms with E-state index in [1.807, 2.05) is 54.6 Å². The minimum Gasteiger partial charge on any atom is -0.418 e. The summed E-state index contributed by atoms with van der Waals surface area (Å²) < 4.78 is 6.04. The van der Waals surface area contributed by atoms with Crippen molar-refractivity contribution >= 4 is 17.3 Å². The molecule has 0 saturated heterocycles. The number of aryl methyl sites for hydroxylation is 2. The zero-order valence-corrected chi connectivity index (χ0v) is 16.4. The molecule has 4 rings (SSSR count). The first-order valence-electron chi connectivity index (χ1n) is 9.09. The summed E-state index contributed by atoms with van der Waals surface area (Å²) in [6.45, 7) is 4.15. The predicted molar refractivity (Wildman–Crippen MR) is 113 cm³/mol. The van der Waals surface area contributed by atoms with Crippen molar-refractivity contribution in [3.63, 3.8) is 0 Å². The van der Waals surface area contributed by atoms with Crippen molar-refractivity contribution in [2.24, 2.45) is 0 Å². The summed E-state index contributed by atoms with van der Waals surface area (Å²) in [7, 11) is 0. The maximum Gasteiger partial charge on any atom is 0.249 e. The van der Waals surface area contributed by atoms with E-state index in [4.69, 9.17) is 16.0 Å². The number of nitrogens with zero attached hydrogens (tertiary/aromatic N) is 2. The van der Waals surface area contributed by atoms with Crippen LogP contribution < -0.4 is 5.32 Å². The number of hydrogen-bond acceptors (Lipinski definition) is 4. The fourth-order valence-corrected chi connectivity index (χ4v) is 3.29. The molecule has 140 valence electrons. The van der Waals surface area contributed by atoms with Crippen LogP contribution in [0.5, 0.6) is 0 Å². The van der Waals surface area contributed by atoms with E-state index in [-0.39, 0.29) is 6.04 Å². The van der Waals surface area contributed by atoms with Crippen LogP contribution in [0.15, 0.2) is 77.2 Å². The second-order valence-corrected chi connectivity index (χ2v) is 7.14. The number of anilines is 1. The molecule has 3 aromatic carbocycles. The van der Waals surface area contributed by atoms with Gasteiger partial charge in [0.2, 0.25) is 11.8 Å². The van der Waals surface area contributed by atoms with Gasteiger partial charge in [-0.25, -0.2) is 0 Å². The minimum atomic E-state index is -0.273. The Morgan fingerprint density at radius 3 is 2.43 bits per heavy atom. The standard InChI is InChI=1S/C23H20ClN3O/c1-15-12-13-16(2)20(14-15)25-21(17-8-4-3-5-9-17)23-27-26-22(28-23)18-10-6-7-11-19(18)24/h3-14,21,25H,1-2H3/t21-/m1/s1. The number of hydrogen-bond donors (Lipinski definition) is 1. The Bertz CT molecular complexity index is 1090. The summed E-state index contributed by atoms with van der Waals surface area (Å²) in [6.07, 6.45) is 0. The second-order valence-electron chi connectivity index (χ2n) is 6.73. The van der Waals surface area contributed by atoms with Gasteiger partial charge in [0.05, 0.1) is 10.6 Å². The summed E-state index contributed by atoms with van der Waals surface area (Å²) in [5.74, 6) is 0.895. The van der Waals surface area contributed by atoms with Gasteiger partial charge in [-0.1, -0.05) is 66.2 Å². The van der Waals surface area contributed by atoms with Crippen molar-refractivity contribution < 1.29 is 4.42 Å². The van der Waals surface area contributed by atoms with Crippen molar-refractivity contribution in [1.29, 1.82) is 0 Å². The Morgan fingerprint density at radius 1 is 0.893 bits per heavy atom. The van der Waals surface area contributed by atoms with Crippen LogP contribution in [-0.2, 0) is 0 Å². The van der Waals surface area contributed by atoms with Crippen molar-refractivity contribution in [2.75, 3.05) is 5.32 Å². The number of aromatic nitrogens is 2. The first-order valence-corrected chi connectivity index (χ1v) is 9.46.